The summed E-state index contributed by atoms with van der Waals surface area (Å²) >= 11 is 0. The molecule has 0 saturated carbocycles. The van der Waals surface area contributed by atoms with Gasteiger partial charge >= 0.3 is 0 Å². The van der Waals surface area contributed by atoms with E-state index >= 15 is 0 Å². The van der Waals surface area contributed by atoms with Crippen molar-refractivity contribution in [2.45, 2.75) is 19.3 Å². The lowest BCUT2D eigenvalue weighted by Crippen LogP contribution is -2.32. The maximum absolute atomic E-state index is 12.7. The number of hydrogen-bond donors (Lipinski definition) is 1. The van der Waals surface area contributed by atoms with Crippen LogP contribution in [0.2, 0.25) is 0 Å². The Morgan fingerprint density at radius 1 is 1.17 bits per heavy atom. The molecule has 1 heterocycles. The first-order valence-electron chi connectivity index (χ1n) is 8.40. The molecule has 1 N–H and O–H groups in total. The highest BCUT2D eigenvalue weighted by Crippen LogP contribution is 2.31. The highest BCUT2D eigenvalue weighted by molar-refractivity contribution is 6.06. The van der Waals surface area contributed by atoms with E-state index in [9.17, 15) is 4.79 Å². The van der Waals surface area contributed by atoms with Crippen molar-refractivity contribution in [2.75, 3.05) is 19.8 Å². The molecule has 0 spiro atoms. The Bertz CT molecular complexity index is 773. The Balaban J connectivity index is 1.60. The molecule has 2 aliphatic rings. The van der Waals surface area contributed by atoms with Gasteiger partial charge in [-0.25, -0.2) is 0 Å². The van der Waals surface area contributed by atoms with Crippen LogP contribution in [0.5, 0.6) is 0 Å². The minimum atomic E-state index is 0.0368. The largest absolute Gasteiger partial charge is 0.381 e. The summed E-state index contributed by atoms with van der Waals surface area (Å²) in [5, 5.41) is 5.56. The van der Waals surface area contributed by atoms with E-state index in [2.05, 4.69) is 41.7 Å². The number of carbonyl (C=O) groups is 1. The van der Waals surface area contributed by atoms with Gasteiger partial charge in [-0.05, 0) is 53.1 Å². The summed E-state index contributed by atoms with van der Waals surface area (Å²) in [5.74, 6) is 0.574. The average molecular weight is 307 g/mol. The van der Waals surface area contributed by atoms with Crippen LogP contribution >= 0.6 is 0 Å². The normalized spacial score (nSPS) is 17.4. The fourth-order valence-electron chi connectivity index (χ4n) is 3.61. The van der Waals surface area contributed by atoms with Gasteiger partial charge in [-0.15, -0.1) is 0 Å². The van der Waals surface area contributed by atoms with Crippen molar-refractivity contribution < 1.29 is 9.53 Å². The number of rotatable bonds is 3. The molecule has 0 aromatic heterocycles. The van der Waals surface area contributed by atoms with Gasteiger partial charge in [-0.1, -0.05) is 36.4 Å². The fourth-order valence-corrected chi connectivity index (χ4v) is 3.61. The molecule has 1 amide bonds. The zero-order chi connectivity index (χ0) is 15.6. The van der Waals surface area contributed by atoms with Gasteiger partial charge in [-0.3, -0.25) is 4.79 Å². The minimum absolute atomic E-state index is 0.0368. The number of hydrogen-bond acceptors (Lipinski definition) is 2. The molecule has 2 aromatic rings. The Morgan fingerprint density at radius 2 is 2.04 bits per heavy atom. The van der Waals surface area contributed by atoms with Crippen LogP contribution in [-0.2, 0) is 11.2 Å². The molecule has 1 aliphatic heterocycles. The molecule has 118 valence electrons. The first-order chi connectivity index (χ1) is 11.3. The van der Waals surface area contributed by atoms with Crippen molar-refractivity contribution in [3.8, 4) is 0 Å². The second-order valence-corrected chi connectivity index (χ2v) is 6.41. The number of benzene rings is 2. The molecule has 2 aromatic carbocycles. The summed E-state index contributed by atoms with van der Waals surface area (Å²) in [6.45, 7) is 2.37. The molecule has 3 heteroatoms. The van der Waals surface area contributed by atoms with Gasteiger partial charge in [0.15, 0.2) is 0 Å². The Kier molecular flexibility index (Phi) is 3.88. The molecule has 4 rings (SSSR count). The number of amides is 1. The lowest BCUT2D eigenvalue weighted by Gasteiger charge is -2.22. The summed E-state index contributed by atoms with van der Waals surface area (Å²) in [4.78, 5) is 12.7. The summed E-state index contributed by atoms with van der Waals surface area (Å²) in [7, 11) is 0. The van der Waals surface area contributed by atoms with E-state index in [1.807, 2.05) is 6.07 Å². The van der Waals surface area contributed by atoms with Gasteiger partial charge in [-0.2, -0.15) is 0 Å². The van der Waals surface area contributed by atoms with Crippen LogP contribution in [0.15, 0.2) is 36.4 Å². The molecular weight excluding hydrogens is 286 g/mol. The maximum atomic E-state index is 12.7. The second kappa shape index (κ2) is 6.17. The smallest absolute Gasteiger partial charge is 0.251 e. The summed E-state index contributed by atoms with van der Waals surface area (Å²) in [6, 6.07) is 10.4. The third-order valence-electron chi connectivity index (χ3n) is 4.93. The minimum Gasteiger partial charge on any atom is -0.381 e. The number of ether oxygens (including phenoxy) is 1. The lowest BCUT2D eigenvalue weighted by atomic mass is 9.89. The van der Waals surface area contributed by atoms with Gasteiger partial charge in [0.2, 0.25) is 0 Å². The predicted molar refractivity (Wildman–Crippen MR) is 92.6 cm³/mol. The van der Waals surface area contributed by atoms with Crippen LogP contribution in [0.1, 0.15) is 34.3 Å². The average Bonchev–Trinajstić information content (AvgIpc) is 2.61. The van der Waals surface area contributed by atoms with Crippen molar-refractivity contribution in [1.29, 1.82) is 0 Å². The second-order valence-electron chi connectivity index (χ2n) is 6.41. The van der Waals surface area contributed by atoms with Gasteiger partial charge in [0.25, 0.3) is 5.91 Å². The lowest BCUT2D eigenvalue weighted by molar-refractivity contribution is 0.0642. The topological polar surface area (TPSA) is 38.3 Å². The van der Waals surface area contributed by atoms with E-state index in [1.165, 1.54) is 16.3 Å². The van der Waals surface area contributed by atoms with Crippen LogP contribution in [-0.4, -0.2) is 25.7 Å². The first-order valence-corrected chi connectivity index (χ1v) is 8.40. The highest BCUT2D eigenvalue weighted by Gasteiger charge is 2.19. The molecule has 0 unspecified atom stereocenters. The summed E-state index contributed by atoms with van der Waals surface area (Å²) < 4.78 is 5.37. The van der Waals surface area contributed by atoms with Gasteiger partial charge < -0.3 is 10.1 Å². The van der Waals surface area contributed by atoms with Gasteiger partial charge in [0, 0.05) is 25.3 Å². The fraction of sp³-hybridized carbons (Fsp3) is 0.350. The first kappa shape index (κ1) is 14.5. The molecule has 3 nitrogen and oxygen atoms in total. The van der Waals surface area contributed by atoms with Crippen LogP contribution in [0.4, 0.5) is 0 Å². The third-order valence-corrected chi connectivity index (χ3v) is 4.93. The van der Waals surface area contributed by atoms with E-state index in [-0.39, 0.29) is 5.91 Å². The highest BCUT2D eigenvalue weighted by atomic mass is 16.5. The molecule has 1 saturated heterocycles. The summed E-state index contributed by atoms with van der Waals surface area (Å²) in [6.07, 6.45) is 7.26. The van der Waals surface area contributed by atoms with Crippen LogP contribution in [0.25, 0.3) is 16.8 Å². The van der Waals surface area contributed by atoms with Crippen molar-refractivity contribution in [1.82, 2.24) is 5.32 Å². The maximum Gasteiger partial charge on any atom is 0.251 e. The Morgan fingerprint density at radius 3 is 2.91 bits per heavy atom. The molecular formula is C20H21NO2. The van der Waals surface area contributed by atoms with Crippen molar-refractivity contribution in [3.63, 3.8) is 0 Å². The van der Waals surface area contributed by atoms with Crippen LogP contribution in [0.3, 0.4) is 0 Å². The van der Waals surface area contributed by atoms with E-state index in [0.29, 0.717) is 5.92 Å². The molecule has 0 bridgehead atoms. The number of carbonyl (C=O) groups excluding carboxylic acids is 1. The zero-order valence-electron chi connectivity index (χ0n) is 13.2. The standard InChI is InChI=1S/C20H21NO2/c22-20(21-13-14-9-11-23-12-10-14)18-8-7-16-4-1-3-15-5-2-6-17(18)19(15)16/h1-4,6-8,14H,5,9-13H2,(H,21,22). The van der Waals surface area contributed by atoms with Crippen LogP contribution in [0, 0.1) is 5.92 Å². The molecule has 0 radical (unpaired) electrons. The zero-order valence-corrected chi connectivity index (χ0v) is 13.2. The predicted octanol–water partition coefficient (Wildman–Crippen LogP) is 3.57. The molecule has 23 heavy (non-hydrogen) atoms. The van der Waals surface area contributed by atoms with Gasteiger partial charge in [0.1, 0.15) is 0 Å². The third kappa shape index (κ3) is 2.77. The number of nitrogens with one attached hydrogen (secondary N) is 1. The van der Waals surface area contributed by atoms with Crippen molar-refractivity contribution in [2.24, 2.45) is 5.92 Å². The van der Waals surface area contributed by atoms with Crippen molar-refractivity contribution >= 4 is 22.8 Å². The van der Waals surface area contributed by atoms with E-state index in [4.69, 9.17) is 4.74 Å². The van der Waals surface area contributed by atoms with Crippen molar-refractivity contribution in [3.05, 3.63) is 53.1 Å². The van der Waals surface area contributed by atoms with Crippen LogP contribution < -0.4 is 5.32 Å². The quantitative estimate of drug-likeness (QED) is 0.941. The molecule has 0 atom stereocenters. The Labute approximate surface area is 136 Å². The number of allylic oxidation sites excluding steroid dienone is 1. The monoisotopic (exact) mass is 307 g/mol. The SMILES string of the molecule is O=C(NCC1CCOCC1)c1ccc2cccc3c2c1C=CC3. The summed E-state index contributed by atoms with van der Waals surface area (Å²) in [5.41, 5.74) is 3.15. The Hall–Kier alpha value is -2.13. The van der Waals surface area contributed by atoms with Gasteiger partial charge in [0.05, 0.1) is 0 Å². The molecule has 1 fully saturated rings. The molecule has 1 aliphatic carbocycles. The van der Waals surface area contributed by atoms with E-state index in [0.717, 1.165) is 50.1 Å². The van der Waals surface area contributed by atoms with E-state index < -0.39 is 0 Å². The van der Waals surface area contributed by atoms with E-state index in [1.54, 1.807) is 0 Å².